The summed E-state index contributed by atoms with van der Waals surface area (Å²) in [5.74, 6) is 0.691. The van der Waals surface area contributed by atoms with Crippen LogP contribution in [0.2, 0.25) is 0 Å². The van der Waals surface area contributed by atoms with Gasteiger partial charge in [0.2, 0.25) is 15.9 Å². The molecular formula is C32H36N6O5S2. The largest absolute Gasteiger partial charge is 0.497 e. The molecule has 2 heterocycles. The number of aromatic nitrogens is 3. The molecule has 1 aromatic heterocycles. The number of methoxy groups -OCH3 is 1. The van der Waals surface area contributed by atoms with Crippen molar-refractivity contribution < 1.29 is 22.7 Å². The van der Waals surface area contributed by atoms with E-state index in [0.29, 0.717) is 41.1 Å². The van der Waals surface area contributed by atoms with E-state index in [9.17, 15) is 18.0 Å². The Kier molecular flexibility index (Phi) is 10.2. The van der Waals surface area contributed by atoms with Crippen molar-refractivity contribution in [3.05, 3.63) is 89.2 Å². The van der Waals surface area contributed by atoms with Gasteiger partial charge in [0, 0.05) is 24.3 Å². The molecule has 3 aromatic carbocycles. The van der Waals surface area contributed by atoms with Gasteiger partial charge in [0.25, 0.3) is 5.91 Å². The lowest BCUT2D eigenvalue weighted by Crippen LogP contribution is -2.35. The molecule has 0 bridgehead atoms. The summed E-state index contributed by atoms with van der Waals surface area (Å²) in [6.45, 7) is 5.05. The first kappa shape index (κ1) is 32.2. The van der Waals surface area contributed by atoms with E-state index >= 15 is 0 Å². The number of sulfonamides is 1. The van der Waals surface area contributed by atoms with Gasteiger partial charge in [-0.15, -0.1) is 10.2 Å². The molecule has 1 aliphatic heterocycles. The van der Waals surface area contributed by atoms with Crippen LogP contribution in [0.1, 0.15) is 46.6 Å². The average molecular weight is 649 g/mol. The van der Waals surface area contributed by atoms with Gasteiger partial charge in [0.05, 0.1) is 30.0 Å². The fourth-order valence-electron chi connectivity index (χ4n) is 5.01. The van der Waals surface area contributed by atoms with E-state index < -0.39 is 10.0 Å². The number of amides is 2. The predicted molar refractivity (Wildman–Crippen MR) is 173 cm³/mol. The van der Waals surface area contributed by atoms with Gasteiger partial charge in [-0.3, -0.25) is 14.2 Å². The van der Waals surface area contributed by atoms with E-state index in [0.717, 1.165) is 36.1 Å². The normalized spacial score (nSPS) is 13.8. The maximum absolute atomic E-state index is 13.1. The highest BCUT2D eigenvalue weighted by molar-refractivity contribution is 7.99. The Balaban J connectivity index is 1.29. The summed E-state index contributed by atoms with van der Waals surface area (Å²) in [5.41, 5.74) is 3.83. The molecule has 1 saturated heterocycles. The van der Waals surface area contributed by atoms with Crippen molar-refractivity contribution in [1.29, 1.82) is 0 Å². The van der Waals surface area contributed by atoms with Crippen LogP contribution in [-0.2, 0) is 21.4 Å². The summed E-state index contributed by atoms with van der Waals surface area (Å²) in [6, 6.07) is 19.1. The van der Waals surface area contributed by atoms with Gasteiger partial charge in [-0.05, 0) is 92.4 Å². The highest BCUT2D eigenvalue weighted by Crippen LogP contribution is 2.26. The first-order valence-electron chi connectivity index (χ1n) is 14.6. The van der Waals surface area contributed by atoms with Gasteiger partial charge in [-0.25, -0.2) is 8.42 Å². The van der Waals surface area contributed by atoms with Crippen LogP contribution in [-0.4, -0.2) is 65.3 Å². The molecule has 45 heavy (non-hydrogen) atoms. The average Bonchev–Trinajstić information content (AvgIpc) is 3.47. The molecule has 0 saturated carbocycles. The van der Waals surface area contributed by atoms with Crippen molar-refractivity contribution in [2.75, 3.05) is 31.3 Å². The number of hydrogen-bond donors (Lipinski definition) is 2. The van der Waals surface area contributed by atoms with Crippen molar-refractivity contribution in [1.82, 2.24) is 24.4 Å². The molecule has 0 radical (unpaired) electrons. The zero-order valence-electron chi connectivity index (χ0n) is 25.4. The van der Waals surface area contributed by atoms with E-state index in [2.05, 4.69) is 20.8 Å². The highest BCUT2D eigenvalue weighted by Gasteiger charge is 2.26. The quantitative estimate of drug-likeness (QED) is 0.223. The fourth-order valence-corrected chi connectivity index (χ4v) is 7.29. The molecule has 0 aliphatic carbocycles. The Bertz CT molecular complexity index is 1770. The summed E-state index contributed by atoms with van der Waals surface area (Å²) in [6.07, 6.45) is 2.73. The van der Waals surface area contributed by atoms with Crippen molar-refractivity contribution >= 4 is 39.3 Å². The third-order valence-corrected chi connectivity index (χ3v) is 10.3. The lowest BCUT2D eigenvalue weighted by Gasteiger charge is -2.25. The van der Waals surface area contributed by atoms with Crippen LogP contribution in [0.15, 0.2) is 76.8 Å². The smallest absolute Gasteiger partial charge is 0.251 e. The molecule has 0 unspecified atom stereocenters. The lowest BCUT2D eigenvalue weighted by atomic mass is 10.1. The molecule has 0 spiro atoms. The van der Waals surface area contributed by atoms with Crippen LogP contribution >= 0.6 is 11.8 Å². The molecule has 1 fully saturated rings. The van der Waals surface area contributed by atoms with Gasteiger partial charge in [0.1, 0.15) is 5.75 Å². The second-order valence-corrected chi connectivity index (χ2v) is 13.6. The van der Waals surface area contributed by atoms with Gasteiger partial charge in [-0.1, -0.05) is 30.3 Å². The number of carbonyl (C=O) groups excluding carboxylic acids is 2. The number of aryl methyl sites for hydroxylation is 2. The van der Waals surface area contributed by atoms with Gasteiger partial charge in [-0.2, -0.15) is 4.31 Å². The van der Waals surface area contributed by atoms with E-state index in [-0.39, 0.29) is 29.0 Å². The van der Waals surface area contributed by atoms with Crippen molar-refractivity contribution in [2.24, 2.45) is 0 Å². The van der Waals surface area contributed by atoms with E-state index in [1.54, 1.807) is 31.4 Å². The number of thioether (sulfide) groups is 1. The van der Waals surface area contributed by atoms with Crippen molar-refractivity contribution in [3.8, 4) is 11.4 Å². The summed E-state index contributed by atoms with van der Waals surface area (Å²) in [5, 5.41) is 15.0. The maximum Gasteiger partial charge on any atom is 0.251 e. The van der Waals surface area contributed by atoms with Crippen LogP contribution in [0.3, 0.4) is 0 Å². The van der Waals surface area contributed by atoms with Crippen LogP contribution in [0.4, 0.5) is 5.69 Å². The molecule has 0 atom stereocenters. The minimum atomic E-state index is -3.59. The molecule has 2 N–H and O–H groups in total. The summed E-state index contributed by atoms with van der Waals surface area (Å²) >= 11 is 1.24. The summed E-state index contributed by atoms with van der Waals surface area (Å²) < 4.78 is 34.5. The lowest BCUT2D eigenvalue weighted by molar-refractivity contribution is -0.113. The van der Waals surface area contributed by atoms with E-state index in [1.165, 1.54) is 40.3 Å². The SMILES string of the molecule is COc1ccc(NC(=O)CSc2nnc(CNC(=O)c3ccc(S(=O)(=O)N4CCCCC4)cc3)n2-c2cc(C)ccc2C)cc1. The number of piperidine rings is 1. The Morgan fingerprint density at radius 2 is 1.64 bits per heavy atom. The predicted octanol–water partition coefficient (Wildman–Crippen LogP) is 4.73. The molecular weight excluding hydrogens is 613 g/mol. The van der Waals surface area contributed by atoms with Crippen molar-refractivity contribution in [2.45, 2.75) is 49.7 Å². The fraction of sp³-hybridized carbons (Fsp3) is 0.312. The number of hydrogen-bond acceptors (Lipinski definition) is 8. The summed E-state index contributed by atoms with van der Waals surface area (Å²) in [7, 11) is -2.01. The number of nitrogens with zero attached hydrogens (tertiary/aromatic N) is 4. The standard InChI is InChI=1S/C32H36N6O5S2/c1-22-7-8-23(2)28(19-22)38-29(35-36-32(38)44-21-30(39)34-25-11-13-26(43-3)14-12-25)20-33-31(40)24-9-15-27(16-10-24)45(41,42)37-17-5-4-6-18-37/h7-16,19H,4-6,17-18,20-21H2,1-3H3,(H,33,40)(H,34,39). The third-order valence-electron chi connectivity index (χ3n) is 7.49. The van der Waals surface area contributed by atoms with Crippen molar-refractivity contribution in [3.63, 3.8) is 0 Å². The Labute approximate surface area is 267 Å². The second-order valence-electron chi connectivity index (χ2n) is 10.8. The number of carbonyl (C=O) groups is 2. The topological polar surface area (TPSA) is 136 Å². The molecule has 5 rings (SSSR count). The highest BCUT2D eigenvalue weighted by atomic mass is 32.2. The van der Waals surface area contributed by atoms with Crippen LogP contribution in [0.5, 0.6) is 5.75 Å². The second kappa shape index (κ2) is 14.3. The maximum atomic E-state index is 13.1. The Morgan fingerprint density at radius 1 is 0.933 bits per heavy atom. The first-order valence-corrected chi connectivity index (χ1v) is 17.1. The van der Waals surface area contributed by atoms with Gasteiger partial charge < -0.3 is 15.4 Å². The zero-order chi connectivity index (χ0) is 32.0. The van der Waals surface area contributed by atoms with Crippen LogP contribution < -0.4 is 15.4 Å². The van der Waals surface area contributed by atoms with Gasteiger partial charge >= 0.3 is 0 Å². The molecule has 1 aliphatic rings. The number of anilines is 1. The van der Waals surface area contributed by atoms with Crippen LogP contribution in [0, 0.1) is 13.8 Å². The minimum Gasteiger partial charge on any atom is -0.497 e. The zero-order valence-corrected chi connectivity index (χ0v) is 27.1. The Hall–Kier alpha value is -4.20. The molecule has 13 heteroatoms. The summed E-state index contributed by atoms with van der Waals surface area (Å²) in [4.78, 5) is 26.0. The third kappa shape index (κ3) is 7.72. The van der Waals surface area contributed by atoms with E-state index in [4.69, 9.17) is 4.74 Å². The molecule has 2 amide bonds. The molecule has 236 valence electrons. The number of benzene rings is 3. The molecule has 11 nitrogen and oxygen atoms in total. The Morgan fingerprint density at radius 3 is 2.33 bits per heavy atom. The molecule has 4 aromatic rings. The van der Waals surface area contributed by atoms with Crippen LogP contribution in [0.25, 0.3) is 5.69 Å². The monoisotopic (exact) mass is 648 g/mol. The van der Waals surface area contributed by atoms with Gasteiger partial charge in [0.15, 0.2) is 11.0 Å². The van der Waals surface area contributed by atoms with E-state index in [1.807, 2.05) is 36.6 Å². The number of nitrogens with one attached hydrogen (secondary N) is 2. The number of rotatable bonds is 11. The number of ether oxygens (including phenoxy) is 1. The first-order chi connectivity index (χ1) is 21.7. The minimum absolute atomic E-state index is 0.0612.